The molecule has 0 saturated heterocycles. The average Bonchev–Trinajstić information content (AvgIpc) is 2.52. The largest absolute Gasteiger partial charge is 0.380 e. The van der Waals surface area contributed by atoms with Crippen LogP contribution in [-0.2, 0) is 6.54 Å². The highest BCUT2D eigenvalue weighted by atomic mass is 79.9. The van der Waals surface area contributed by atoms with Crippen molar-refractivity contribution >= 4 is 32.4 Å². The molecule has 0 atom stereocenters. The van der Waals surface area contributed by atoms with Crippen molar-refractivity contribution in [3.8, 4) is 6.07 Å². The van der Waals surface area contributed by atoms with E-state index in [9.17, 15) is 5.26 Å². The molecular weight excluding hydrogens is 324 g/mol. The number of benzene rings is 3. The Kier molecular flexibility index (Phi) is 3.89. The van der Waals surface area contributed by atoms with E-state index < -0.39 is 0 Å². The summed E-state index contributed by atoms with van der Waals surface area (Å²) in [5.41, 5.74) is 2.96. The second-order valence-corrected chi connectivity index (χ2v) is 5.72. The molecule has 0 unspecified atom stereocenters. The minimum absolute atomic E-state index is 0.707. The van der Waals surface area contributed by atoms with Crippen LogP contribution in [0.3, 0.4) is 0 Å². The first kappa shape index (κ1) is 13.7. The average molecular weight is 337 g/mol. The Morgan fingerprint density at radius 2 is 1.76 bits per heavy atom. The number of nitriles is 1. The SMILES string of the molecule is N#Cc1ccc(NCc2cccc(Br)c2)c2ccccc12. The molecule has 0 aliphatic rings. The van der Waals surface area contributed by atoms with Gasteiger partial charge in [-0.25, -0.2) is 0 Å². The van der Waals surface area contributed by atoms with Gasteiger partial charge < -0.3 is 5.32 Å². The highest BCUT2D eigenvalue weighted by Crippen LogP contribution is 2.26. The minimum atomic E-state index is 0.707. The van der Waals surface area contributed by atoms with Crippen LogP contribution in [0.5, 0.6) is 0 Å². The number of fused-ring (bicyclic) bond motifs is 1. The van der Waals surface area contributed by atoms with Gasteiger partial charge in [-0.05, 0) is 29.8 Å². The summed E-state index contributed by atoms with van der Waals surface area (Å²) < 4.78 is 1.08. The van der Waals surface area contributed by atoms with E-state index in [2.05, 4.69) is 39.4 Å². The van der Waals surface area contributed by atoms with E-state index in [1.165, 1.54) is 5.56 Å². The zero-order valence-corrected chi connectivity index (χ0v) is 12.9. The number of rotatable bonds is 3. The second kappa shape index (κ2) is 5.99. The summed E-state index contributed by atoms with van der Waals surface area (Å²) in [6, 6.07) is 22.3. The fourth-order valence-electron chi connectivity index (χ4n) is 2.39. The van der Waals surface area contributed by atoms with Crippen LogP contribution in [0, 0.1) is 11.3 Å². The van der Waals surface area contributed by atoms with Gasteiger partial charge in [0.2, 0.25) is 0 Å². The van der Waals surface area contributed by atoms with Crippen molar-refractivity contribution in [3.05, 3.63) is 76.3 Å². The Morgan fingerprint density at radius 1 is 0.952 bits per heavy atom. The monoisotopic (exact) mass is 336 g/mol. The quantitative estimate of drug-likeness (QED) is 0.723. The van der Waals surface area contributed by atoms with Gasteiger partial charge >= 0.3 is 0 Å². The Hall–Kier alpha value is -2.31. The Balaban J connectivity index is 1.93. The highest BCUT2D eigenvalue weighted by molar-refractivity contribution is 9.10. The van der Waals surface area contributed by atoms with Crippen LogP contribution in [0.2, 0.25) is 0 Å². The molecular formula is C18H13BrN2. The van der Waals surface area contributed by atoms with E-state index in [-0.39, 0.29) is 0 Å². The van der Waals surface area contributed by atoms with Crippen molar-refractivity contribution < 1.29 is 0 Å². The van der Waals surface area contributed by atoms with Crippen LogP contribution in [0.4, 0.5) is 5.69 Å². The topological polar surface area (TPSA) is 35.8 Å². The maximum Gasteiger partial charge on any atom is 0.0998 e. The third-order valence-electron chi connectivity index (χ3n) is 3.42. The lowest BCUT2D eigenvalue weighted by Crippen LogP contribution is -2.00. The number of hydrogen-bond acceptors (Lipinski definition) is 2. The van der Waals surface area contributed by atoms with Crippen molar-refractivity contribution in [1.29, 1.82) is 5.26 Å². The molecule has 0 heterocycles. The second-order valence-electron chi connectivity index (χ2n) is 4.80. The molecule has 2 nitrogen and oxygen atoms in total. The van der Waals surface area contributed by atoms with Crippen molar-refractivity contribution in [2.75, 3.05) is 5.32 Å². The zero-order valence-electron chi connectivity index (χ0n) is 11.3. The van der Waals surface area contributed by atoms with E-state index in [0.717, 1.165) is 27.5 Å². The molecule has 0 saturated carbocycles. The maximum atomic E-state index is 9.19. The molecule has 3 rings (SSSR count). The summed E-state index contributed by atoms with van der Waals surface area (Å²) in [5, 5.41) is 14.7. The molecule has 0 radical (unpaired) electrons. The number of nitrogens with zero attached hydrogens (tertiary/aromatic N) is 1. The molecule has 0 amide bonds. The first-order chi connectivity index (χ1) is 10.3. The van der Waals surface area contributed by atoms with Gasteiger partial charge in [0.25, 0.3) is 0 Å². The lowest BCUT2D eigenvalue weighted by Gasteiger charge is -2.11. The molecule has 102 valence electrons. The van der Waals surface area contributed by atoms with Gasteiger partial charge in [0.05, 0.1) is 11.6 Å². The third-order valence-corrected chi connectivity index (χ3v) is 3.91. The summed E-state index contributed by atoms with van der Waals surface area (Å²) >= 11 is 3.48. The summed E-state index contributed by atoms with van der Waals surface area (Å²) in [7, 11) is 0. The summed E-state index contributed by atoms with van der Waals surface area (Å²) in [5.74, 6) is 0. The molecule has 21 heavy (non-hydrogen) atoms. The van der Waals surface area contributed by atoms with Crippen molar-refractivity contribution in [3.63, 3.8) is 0 Å². The van der Waals surface area contributed by atoms with Gasteiger partial charge in [-0.1, -0.05) is 52.3 Å². The van der Waals surface area contributed by atoms with Crippen LogP contribution in [-0.4, -0.2) is 0 Å². The molecule has 0 aliphatic heterocycles. The third kappa shape index (κ3) is 2.91. The summed E-state index contributed by atoms with van der Waals surface area (Å²) in [6.45, 7) is 0.745. The molecule has 0 fully saturated rings. The van der Waals surface area contributed by atoms with Gasteiger partial charge in [-0.2, -0.15) is 5.26 Å². The van der Waals surface area contributed by atoms with E-state index >= 15 is 0 Å². The normalized spacial score (nSPS) is 10.3. The number of anilines is 1. The fourth-order valence-corrected chi connectivity index (χ4v) is 2.84. The Bertz CT molecular complexity index is 834. The Labute approximate surface area is 132 Å². The first-order valence-electron chi connectivity index (χ1n) is 6.68. The molecule has 3 aromatic rings. The van der Waals surface area contributed by atoms with E-state index in [4.69, 9.17) is 0 Å². The molecule has 0 bridgehead atoms. The minimum Gasteiger partial charge on any atom is -0.380 e. The van der Waals surface area contributed by atoms with Gasteiger partial charge in [-0.15, -0.1) is 0 Å². The lowest BCUT2D eigenvalue weighted by atomic mass is 10.0. The van der Waals surface area contributed by atoms with Crippen LogP contribution >= 0.6 is 15.9 Å². The highest BCUT2D eigenvalue weighted by Gasteiger charge is 2.05. The Morgan fingerprint density at radius 3 is 2.52 bits per heavy atom. The van der Waals surface area contributed by atoms with Crippen LogP contribution in [0.1, 0.15) is 11.1 Å². The fraction of sp³-hybridized carbons (Fsp3) is 0.0556. The maximum absolute atomic E-state index is 9.19. The molecule has 0 spiro atoms. The van der Waals surface area contributed by atoms with E-state index in [1.807, 2.05) is 48.5 Å². The van der Waals surface area contributed by atoms with Gasteiger partial charge in [0.15, 0.2) is 0 Å². The van der Waals surface area contributed by atoms with Crippen molar-refractivity contribution in [2.24, 2.45) is 0 Å². The van der Waals surface area contributed by atoms with E-state index in [1.54, 1.807) is 0 Å². The van der Waals surface area contributed by atoms with E-state index in [0.29, 0.717) is 5.56 Å². The first-order valence-corrected chi connectivity index (χ1v) is 7.47. The zero-order chi connectivity index (χ0) is 14.7. The van der Waals surface area contributed by atoms with Crippen LogP contribution in [0.15, 0.2) is 65.1 Å². The molecule has 0 aliphatic carbocycles. The van der Waals surface area contributed by atoms with Crippen molar-refractivity contribution in [1.82, 2.24) is 0 Å². The molecule has 1 N–H and O–H groups in total. The predicted octanol–water partition coefficient (Wildman–Crippen LogP) is 5.09. The van der Waals surface area contributed by atoms with Crippen LogP contribution in [0.25, 0.3) is 10.8 Å². The predicted molar refractivity (Wildman–Crippen MR) is 90.1 cm³/mol. The summed E-state index contributed by atoms with van der Waals surface area (Å²) in [6.07, 6.45) is 0. The van der Waals surface area contributed by atoms with Gasteiger partial charge in [-0.3, -0.25) is 0 Å². The van der Waals surface area contributed by atoms with Crippen LogP contribution < -0.4 is 5.32 Å². The molecule has 3 heteroatoms. The van der Waals surface area contributed by atoms with Gasteiger partial charge in [0.1, 0.15) is 0 Å². The lowest BCUT2D eigenvalue weighted by molar-refractivity contribution is 1.15. The number of nitrogens with one attached hydrogen (secondary N) is 1. The molecule has 3 aromatic carbocycles. The standard InChI is InChI=1S/C18H13BrN2/c19-15-5-3-4-13(10-15)12-21-18-9-8-14(11-20)16-6-1-2-7-17(16)18/h1-10,21H,12H2. The molecule has 0 aromatic heterocycles. The number of hydrogen-bond donors (Lipinski definition) is 1. The van der Waals surface area contributed by atoms with Gasteiger partial charge in [0, 0.05) is 27.5 Å². The summed E-state index contributed by atoms with van der Waals surface area (Å²) in [4.78, 5) is 0. The van der Waals surface area contributed by atoms with Crippen molar-refractivity contribution in [2.45, 2.75) is 6.54 Å². The number of halogens is 1. The smallest absolute Gasteiger partial charge is 0.0998 e.